The lowest BCUT2D eigenvalue weighted by molar-refractivity contribution is -0.248. The van der Waals surface area contributed by atoms with E-state index in [1.54, 1.807) is 0 Å². The number of fused-ring (bicyclic) bond motifs is 3. The minimum Gasteiger partial charge on any atom is -0.459 e. The first-order valence-electron chi connectivity index (χ1n) is 17.9. The Hall–Kier alpha value is -1.22. The molecule has 0 bridgehead atoms. The van der Waals surface area contributed by atoms with Gasteiger partial charge in [0.1, 0.15) is 12.2 Å². The highest BCUT2D eigenvalue weighted by Crippen LogP contribution is 2.91. The summed E-state index contributed by atoms with van der Waals surface area (Å²) in [6, 6.07) is 0. The number of carbonyl (C=O) groups excluding carboxylic acids is 2. The van der Waals surface area contributed by atoms with Crippen molar-refractivity contribution in [2.24, 2.45) is 56.7 Å². The van der Waals surface area contributed by atoms with Gasteiger partial charge < -0.3 is 29.2 Å². The van der Waals surface area contributed by atoms with Crippen LogP contribution in [0.3, 0.4) is 0 Å². The lowest BCUT2D eigenvalue weighted by Gasteiger charge is -2.68. The molecule has 0 spiro atoms. The van der Waals surface area contributed by atoms with Crippen LogP contribution in [0.1, 0.15) is 120 Å². The zero-order valence-electron chi connectivity index (χ0n) is 29.1. The van der Waals surface area contributed by atoms with Crippen LogP contribution in [-0.2, 0) is 28.5 Å². The molecule has 8 nitrogen and oxygen atoms in total. The number of rotatable bonds is 6. The molecule has 45 heavy (non-hydrogen) atoms. The van der Waals surface area contributed by atoms with E-state index < -0.39 is 30.4 Å². The molecule has 5 aliphatic carbocycles. The average molecular weight is 631 g/mol. The molecule has 254 valence electrons. The van der Waals surface area contributed by atoms with Gasteiger partial charge in [-0.3, -0.25) is 4.79 Å². The quantitative estimate of drug-likeness (QED) is 0.280. The summed E-state index contributed by atoms with van der Waals surface area (Å²) in [6.45, 7) is 18.6. The molecule has 7 rings (SSSR count). The zero-order chi connectivity index (χ0) is 32.7. The molecule has 5 saturated carbocycles. The normalized spacial score (nSPS) is 52.6. The van der Waals surface area contributed by atoms with Crippen molar-refractivity contribution in [3.05, 3.63) is 0 Å². The van der Waals surface area contributed by atoms with Crippen molar-refractivity contribution in [3.8, 4) is 0 Å². The van der Waals surface area contributed by atoms with E-state index in [1.807, 2.05) is 13.8 Å². The van der Waals surface area contributed by atoms with Gasteiger partial charge in [-0.2, -0.15) is 0 Å². The average Bonchev–Trinajstić information content (AvgIpc) is 3.69. The van der Waals surface area contributed by atoms with E-state index in [1.165, 1.54) is 6.92 Å². The Labute approximate surface area is 269 Å². The van der Waals surface area contributed by atoms with E-state index in [2.05, 4.69) is 41.5 Å². The molecule has 14 unspecified atom stereocenters. The van der Waals surface area contributed by atoms with Crippen LogP contribution in [0.4, 0.5) is 0 Å². The van der Waals surface area contributed by atoms with Crippen LogP contribution in [0, 0.1) is 56.7 Å². The van der Waals surface area contributed by atoms with Gasteiger partial charge in [-0.1, -0.05) is 41.5 Å². The van der Waals surface area contributed by atoms with Gasteiger partial charge >= 0.3 is 11.9 Å². The molecule has 7 fully saturated rings. The third-order valence-electron chi connectivity index (χ3n) is 15.6. The third kappa shape index (κ3) is 4.22. The molecule has 14 atom stereocenters. The highest BCUT2D eigenvalue weighted by Gasteiger charge is 2.86. The molecule has 0 aromatic heterocycles. The van der Waals surface area contributed by atoms with Gasteiger partial charge in [-0.25, -0.2) is 4.79 Å². The highest BCUT2D eigenvalue weighted by molar-refractivity contribution is 5.79. The molecule has 0 radical (unpaired) electrons. The Morgan fingerprint density at radius 1 is 0.911 bits per heavy atom. The van der Waals surface area contributed by atoms with E-state index in [4.69, 9.17) is 18.9 Å². The fourth-order valence-corrected chi connectivity index (χ4v) is 13.4. The van der Waals surface area contributed by atoms with E-state index in [0.29, 0.717) is 18.3 Å². The summed E-state index contributed by atoms with van der Waals surface area (Å²) in [4.78, 5) is 25.0. The standard InChI is InChI=1S/C37H58O8/c1-19(2)28(42-20(3)38)31(41)44-27-12-13-34(8)24-11-14-36-18-37(36,35(24,9)26(39)17-25(34)32(27,4)5)15-10-22(36)21-16-23(43-30(21)40)29-33(6,7)45-29/h19,21-30,39-40H,10-18H2,1-9H3. The highest BCUT2D eigenvalue weighted by atomic mass is 16.7. The number of esters is 2. The van der Waals surface area contributed by atoms with Crippen molar-refractivity contribution in [2.45, 2.75) is 163 Å². The largest absolute Gasteiger partial charge is 0.459 e. The maximum atomic E-state index is 13.3. The number of hydrogen-bond acceptors (Lipinski definition) is 8. The molecule has 0 aromatic rings. The van der Waals surface area contributed by atoms with Crippen molar-refractivity contribution in [3.63, 3.8) is 0 Å². The fraction of sp³-hybridized carbons (Fsp3) is 0.946. The van der Waals surface area contributed by atoms with E-state index in [0.717, 1.165) is 51.4 Å². The second-order valence-corrected chi connectivity index (χ2v) is 18.4. The fourth-order valence-electron chi connectivity index (χ4n) is 13.4. The van der Waals surface area contributed by atoms with Crippen LogP contribution in [0.2, 0.25) is 0 Å². The first-order chi connectivity index (χ1) is 20.9. The van der Waals surface area contributed by atoms with Crippen molar-refractivity contribution < 1.29 is 38.7 Å². The van der Waals surface area contributed by atoms with Crippen molar-refractivity contribution in [1.82, 2.24) is 0 Å². The minimum absolute atomic E-state index is 0.0191. The van der Waals surface area contributed by atoms with Crippen molar-refractivity contribution in [1.29, 1.82) is 0 Å². The molecule has 2 heterocycles. The number of aliphatic hydroxyl groups is 2. The van der Waals surface area contributed by atoms with Crippen molar-refractivity contribution >= 4 is 11.9 Å². The summed E-state index contributed by atoms with van der Waals surface area (Å²) in [5.41, 5.74) is -0.383. The van der Waals surface area contributed by atoms with E-state index in [9.17, 15) is 19.8 Å². The lowest BCUT2D eigenvalue weighted by atomic mass is 9.37. The van der Waals surface area contributed by atoms with Crippen LogP contribution in [0.15, 0.2) is 0 Å². The van der Waals surface area contributed by atoms with E-state index >= 15 is 0 Å². The van der Waals surface area contributed by atoms with Crippen LogP contribution < -0.4 is 0 Å². The van der Waals surface area contributed by atoms with E-state index in [-0.39, 0.29) is 68.7 Å². The Morgan fingerprint density at radius 2 is 1.60 bits per heavy atom. The molecule has 7 aliphatic rings. The minimum atomic E-state index is -0.912. The van der Waals surface area contributed by atoms with Gasteiger partial charge in [-0.15, -0.1) is 0 Å². The predicted molar refractivity (Wildman–Crippen MR) is 166 cm³/mol. The third-order valence-corrected chi connectivity index (χ3v) is 15.6. The molecule has 2 aliphatic heterocycles. The van der Waals surface area contributed by atoms with Crippen molar-refractivity contribution in [2.75, 3.05) is 0 Å². The summed E-state index contributed by atoms with van der Waals surface area (Å²) in [6.07, 6.45) is 6.58. The summed E-state index contributed by atoms with van der Waals surface area (Å²) in [5, 5.41) is 23.5. The van der Waals surface area contributed by atoms with Gasteiger partial charge in [0.2, 0.25) is 6.10 Å². The second kappa shape index (κ2) is 9.92. The SMILES string of the molecule is CC(=O)OC(C(=O)OC1CCC2(C)C(CC(O)C3(C)C2CCC24CC23CCC4C2CC(C3OC3(C)C)OC2O)C1(C)C)C(C)C. The maximum absolute atomic E-state index is 13.3. The number of carbonyl (C=O) groups is 2. The maximum Gasteiger partial charge on any atom is 0.348 e. The Bertz CT molecular complexity index is 1240. The Kier molecular flexibility index (Phi) is 7.12. The van der Waals surface area contributed by atoms with Gasteiger partial charge in [0.15, 0.2) is 6.29 Å². The first kappa shape index (κ1) is 32.3. The summed E-state index contributed by atoms with van der Waals surface area (Å²) in [5.74, 6) is 0.0183. The van der Waals surface area contributed by atoms with Gasteiger partial charge in [0, 0.05) is 29.6 Å². The Morgan fingerprint density at radius 3 is 2.22 bits per heavy atom. The molecular formula is C37H58O8. The molecule has 2 N–H and O–H groups in total. The summed E-state index contributed by atoms with van der Waals surface area (Å²) in [7, 11) is 0. The second-order valence-electron chi connectivity index (χ2n) is 18.4. The first-order valence-corrected chi connectivity index (χ1v) is 17.9. The number of ether oxygens (including phenoxy) is 4. The van der Waals surface area contributed by atoms with Crippen LogP contribution >= 0.6 is 0 Å². The monoisotopic (exact) mass is 630 g/mol. The zero-order valence-corrected chi connectivity index (χ0v) is 29.1. The topological polar surface area (TPSA) is 115 Å². The molecular weight excluding hydrogens is 572 g/mol. The van der Waals surface area contributed by atoms with Gasteiger partial charge in [-0.05, 0) is 106 Å². The molecule has 0 aromatic carbocycles. The molecule has 0 amide bonds. The lowest BCUT2D eigenvalue weighted by Crippen LogP contribution is -2.66. The van der Waals surface area contributed by atoms with Gasteiger partial charge in [0.25, 0.3) is 0 Å². The Balaban J connectivity index is 1.11. The summed E-state index contributed by atoms with van der Waals surface area (Å²) >= 11 is 0. The van der Waals surface area contributed by atoms with Crippen LogP contribution in [0.25, 0.3) is 0 Å². The number of hydrogen-bond donors (Lipinski definition) is 2. The summed E-state index contributed by atoms with van der Waals surface area (Å²) < 4.78 is 23.6. The van der Waals surface area contributed by atoms with Crippen LogP contribution in [-0.4, -0.2) is 64.6 Å². The number of aliphatic hydroxyl groups excluding tert-OH is 2. The molecule has 8 heteroatoms. The number of epoxide rings is 1. The molecule has 2 saturated heterocycles. The van der Waals surface area contributed by atoms with Crippen LogP contribution in [0.5, 0.6) is 0 Å². The predicted octanol–water partition coefficient (Wildman–Crippen LogP) is 5.80. The smallest absolute Gasteiger partial charge is 0.348 e. The van der Waals surface area contributed by atoms with Gasteiger partial charge in [0.05, 0.1) is 17.8 Å².